The van der Waals surface area contributed by atoms with Crippen molar-refractivity contribution in [3.63, 3.8) is 0 Å². The molecule has 1 aromatic rings. The highest BCUT2D eigenvalue weighted by Gasteiger charge is 2.26. The van der Waals surface area contributed by atoms with Gasteiger partial charge >= 0.3 is 0 Å². The largest absolute Gasteiger partial charge is 0.493 e. The molecule has 2 aliphatic rings. The summed E-state index contributed by atoms with van der Waals surface area (Å²) in [7, 11) is 0. The van der Waals surface area contributed by atoms with Gasteiger partial charge in [-0.15, -0.1) is 0 Å². The molecule has 1 amide bonds. The van der Waals surface area contributed by atoms with Crippen LogP contribution in [0.1, 0.15) is 23.6 Å². The third kappa shape index (κ3) is 1.73. The van der Waals surface area contributed by atoms with Crippen molar-refractivity contribution in [1.29, 1.82) is 0 Å². The second kappa shape index (κ2) is 3.95. The first-order valence-electron chi connectivity index (χ1n) is 5.93. The van der Waals surface area contributed by atoms with Crippen molar-refractivity contribution in [2.45, 2.75) is 26.3 Å². The average molecular weight is 233 g/mol. The van der Waals surface area contributed by atoms with Gasteiger partial charge in [-0.1, -0.05) is 0 Å². The van der Waals surface area contributed by atoms with Crippen LogP contribution in [0.15, 0.2) is 6.07 Å². The fourth-order valence-electron chi connectivity index (χ4n) is 2.48. The highest BCUT2D eigenvalue weighted by molar-refractivity contribution is 5.73. The highest BCUT2D eigenvalue weighted by atomic mass is 16.5. The van der Waals surface area contributed by atoms with Gasteiger partial charge < -0.3 is 14.8 Å². The Labute approximate surface area is 99.9 Å². The van der Waals surface area contributed by atoms with Crippen LogP contribution in [0.25, 0.3) is 0 Å². The summed E-state index contributed by atoms with van der Waals surface area (Å²) in [4.78, 5) is 11.0. The summed E-state index contributed by atoms with van der Waals surface area (Å²) in [6.45, 7) is 3.52. The molecule has 0 radical (unpaired) electrons. The summed E-state index contributed by atoms with van der Waals surface area (Å²) < 4.78 is 11.3. The van der Waals surface area contributed by atoms with Crippen LogP contribution in [0, 0.1) is 0 Å². The second-order valence-electron chi connectivity index (χ2n) is 4.43. The lowest BCUT2D eigenvalue weighted by Crippen LogP contribution is -2.20. The van der Waals surface area contributed by atoms with Crippen LogP contribution < -0.4 is 14.8 Å². The van der Waals surface area contributed by atoms with Gasteiger partial charge in [0, 0.05) is 43.0 Å². The van der Waals surface area contributed by atoms with Crippen molar-refractivity contribution >= 4 is 5.91 Å². The third-order valence-electron chi connectivity index (χ3n) is 3.27. The molecule has 1 N–H and O–H groups in total. The van der Waals surface area contributed by atoms with Crippen LogP contribution >= 0.6 is 0 Å². The summed E-state index contributed by atoms with van der Waals surface area (Å²) >= 11 is 0. The number of hydrogen-bond donors (Lipinski definition) is 1. The molecular formula is C13H15NO3. The topological polar surface area (TPSA) is 47.6 Å². The summed E-state index contributed by atoms with van der Waals surface area (Å²) in [6, 6.07) is 2.09. The third-order valence-corrected chi connectivity index (χ3v) is 3.27. The molecule has 0 unspecified atom stereocenters. The van der Waals surface area contributed by atoms with E-state index in [-0.39, 0.29) is 5.91 Å². The van der Waals surface area contributed by atoms with Crippen molar-refractivity contribution in [3.8, 4) is 11.5 Å². The number of ether oxygens (including phenoxy) is 2. The smallest absolute Gasteiger partial charge is 0.217 e. The molecule has 1 aromatic carbocycles. The minimum absolute atomic E-state index is 0.0201. The van der Waals surface area contributed by atoms with Gasteiger partial charge in [-0.3, -0.25) is 4.79 Å². The van der Waals surface area contributed by atoms with Gasteiger partial charge in [0.25, 0.3) is 0 Å². The first kappa shape index (κ1) is 10.4. The number of rotatable bonds is 2. The molecule has 0 saturated carbocycles. The Morgan fingerprint density at radius 1 is 1.35 bits per heavy atom. The molecule has 4 nitrogen and oxygen atoms in total. The normalized spacial score (nSPS) is 15.8. The predicted molar refractivity (Wildman–Crippen MR) is 62.4 cm³/mol. The number of hydrogen-bond acceptors (Lipinski definition) is 3. The minimum atomic E-state index is -0.0201. The maximum absolute atomic E-state index is 11.0. The Morgan fingerprint density at radius 2 is 2.18 bits per heavy atom. The summed E-state index contributed by atoms with van der Waals surface area (Å²) in [5, 5.41) is 2.85. The van der Waals surface area contributed by atoms with Crippen LogP contribution in [0.2, 0.25) is 0 Å². The van der Waals surface area contributed by atoms with Gasteiger partial charge in [0.15, 0.2) is 0 Å². The Hall–Kier alpha value is -1.71. The van der Waals surface area contributed by atoms with Crippen LogP contribution in [0.4, 0.5) is 0 Å². The van der Waals surface area contributed by atoms with Gasteiger partial charge in [-0.25, -0.2) is 0 Å². The first-order valence-corrected chi connectivity index (χ1v) is 5.93. The fourth-order valence-corrected chi connectivity index (χ4v) is 2.48. The maximum atomic E-state index is 11.0. The van der Waals surface area contributed by atoms with Crippen molar-refractivity contribution < 1.29 is 14.3 Å². The van der Waals surface area contributed by atoms with E-state index in [9.17, 15) is 4.79 Å². The van der Waals surface area contributed by atoms with Crippen molar-refractivity contribution in [1.82, 2.24) is 5.32 Å². The van der Waals surface area contributed by atoms with Crippen LogP contribution in [-0.4, -0.2) is 19.1 Å². The van der Waals surface area contributed by atoms with E-state index in [1.165, 1.54) is 18.1 Å². The molecule has 0 aromatic heterocycles. The molecular weight excluding hydrogens is 218 g/mol. The molecule has 0 atom stereocenters. The lowest BCUT2D eigenvalue weighted by molar-refractivity contribution is -0.119. The zero-order valence-electron chi connectivity index (χ0n) is 9.84. The van der Waals surface area contributed by atoms with E-state index in [1.54, 1.807) is 0 Å². The van der Waals surface area contributed by atoms with E-state index in [4.69, 9.17) is 9.47 Å². The van der Waals surface area contributed by atoms with Crippen LogP contribution in [0.3, 0.4) is 0 Å². The second-order valence-corrected chi connectivity index (χ2v) is 4.43. The van der Waals surface area contributed by atoms with E-state index in [0.29, 0.717) is 6.54 Å². The molecule has 90 valence electrons. The molecule has 0 fully saturated rings. The van der Waals surface area contributed by atoms with Gasteiger partial charge in [0.1, 0.15) is 11.5 Å². The van der Waals surface area contributed by atoms with Gasteiger partial charge in [-0.2, -0.15) is 0 Å². The zero-order valence-corrected chi connectivity index (χ0v) is 9.84. The SMILES string of the molecule is CC(=O)NCc1c2c(cc3c1OCC3)OCC2. The fraction of sp³-hybridized carbons (Fsp3) is 0.462. The molecule has 0 saturated heterocycles. The maximum Gasteiger partial charge on any atom is 0.217 e. The first-order chi connectivity index (χ1) is 8.25. The summed E-state index contributed by atoms with van der Waals surface area (Å²) in [5.41, 5.74) is 3.49. The zero-order chi connectivity index (χ0) is 11.8. The van der Waals surface area contributed by atoms with E-state index < -0.39 is 0 Å². The van der Waals surface area contributed by atoms with E-state index >= 15 is 0 Å². The van der Waals surface area contributed by atoms with Gasteiger partial charge in [0.2, 0.25) is 5.91 Å². The molecule has 17 heavy (non-hydrogen) atoms. The standard InChI is InChI=1S/C13H15NO3/c1-8(15)14-7-11-10-3-5-16-12(10)6-9-2-4-17-13(9)11/h6H,2-5,7H2,1H3,(H,14,15). The Bertz CT molecular complexity index is 450. The van der Waals surface area contributed by atoms with E-state index in [2.05, 4.69) is 11.4 Å². The molecule has 4 heteroatoms. The number of fused-ring (bicyclic) bond motifs is 2. The minimum Gasteiger partial charge on any atom is -0.493 e. The predicted octanol–water partition coefficient (Wildman–Crippen LogP) is 1.19. The van der Waals surface area contributed by atoms with Gasteiger partial charge in [-0.05, 0) is 6.07 Å². The van der Waals surface area contributed by atoms with E-state index in [1.807, 2.05) is 0 Å². The molecule has 3 rings (SSSR count). The number of carbonyl (C=O) groups is 1. The quantitative estimate of drug-likeness (QED) is 0.834. The van der Waals surface area contributed by atoms with Gasteiger partial charge in [0.05, 0.1) is 13.2 Å². The molecule has 2 heterocycles. The Morgan fingerprint density at radius 3 is 3.00 bits per heavy atom. The molecule has 2 aliphatic heterocycles. The monoisotopic (exact) mass is 233 g/mol. The van der Waals surface area contributed by atoms with Crippen LogP contribution in [0.5, 0.6) is 11.5 Å². The summed E-state index contributed by atoms with van der Waals surface area (Å²) in [5.74, 6) is 1.91. The van der Waals surface area contributed by atoms with Crippen molar-refractivity contribution in [2.24, 2.45) is 0 Å². The lowest BCUT2D eigenvalue weighted by Gasteiger charge is -2.13. The molecule has 0 aliphatic carbocycles. The molecule has 0 spiro atoms. The number of carbonyl (C=O) groups excluding carboxylic acids is 1. The molecule has 0 bridgehead atoms. The number of benzene rings is 1. The average Bonchev–Trinajstić information content (AvgIpc) is 2.90. The van der Waals surface area contributed by atoms with Crippen molar-refractivity contribution in [3.05, 3.63) is 22.8 Å². The summed E-state index contributed by atoms with van der Waals surface area (Å²) in [6.07, 6.45) is 1.83. The lowest BCUT2D eigenvalue weighted by atomic mass is 9.99. The van der Waals surface area contributed by atoms with Crippen LogP contribution in [-0.2, 0) is 24.2 Å². The number of amides is 1. The highest BCUT2D eigenvalue weighted by Crippen LogP contribution is 2.40. The Balaban J connectivity index is 2.02. The number of nitrogens with one attached hydrogen (secondary N) is 1. The van der Waals surface area contributed by atoms with Crippen molar-refractivity contribution in [2.75, 3.05) is 13.2 Å². The van der Waals surface area contributed by atoms with E-state index in [0.717, 1.165) is 43.1 Å². The Kier molecular flexibility index (Phi) is 2.42.